The molecule has 1 aromatic rings. The second kappa shape index (κ2) is 4.58. The second-order valence-electron chi connectivity index (χ2n) is 2.06. The van der Waals surface area contributed by atoms with Gasteiger partial charge < -0.3 is 10.0 Å². The average Bonchev–Trinajstić information content (AvgIpc) is 1.88. The first-order chi connectivity index (χ1) is 4.72. The first-order valence-electron chi connectivity index (χ1n) is 2.97. The van der Waals surface area contributed by atoms with Gasteiger partial charge in [0, 0.05) is 11.8 Å². The molecule has 3 nitrogen and oxygen atoms in total. The molecule has 5 heteroatoms. The quantitative estimate of drug-likeness (QED) is 0.402. The van der Waals surface area contributed by atoms with Crippen LogP contribution in [0.1, 0.15) is 5.56 Å². The van der Waals surface area contributed by atoms with Gasteiger partial charge in [-0.05, 0) is 18.6 Å². The van der Waals surface area contributed by atoms with E-state index in [2.05, 4.69) is 4.98 Å². The van der Waals surface area contributed by atoms with E-state index < -0.39 is 7.12 Å². The monoisotopic (exact) mass is 143 g/mol. The molecule has 0 radical (unpaired) electrons. The molecule has 0 unspecified atom stereocenters. The Bertz CT molecular complexity index is 232. The Kier molecular flexibility index (Phi) is 4.47. The van der Waals surface area contributed by atoms with Gasteiger partial charge in [0.2, 0.25) is 7.12 Å². The molecule has 1 rings (SSSR count). The van der Waals surface area contributed by atoms with Crippen LogP contribution < -0.4 is 29.5 Å². The molecule has 1 N–H and O–H groups in total. The fraction of sp³-hybridized carbons (Fsp3) is 0.167. The minimum atomic E-state index is -1.71. The SMILES string of the molecule is Cc1cccnc1B([O-])O.[Li+]. The summed E-state index contributed by atoms with van der Waals surface area (Å²) in [6.07, 6.45) is 1.49. The third-order valence-electron chi connectivity index (χ3n) is 1.28. The molecule has 0 saturated carbocycles. The first-order valence-corrected chi connectivity index (χ1v) is 2.97. The van der Waals surface area contributed by atoms with Gasteiger partial charge in [0.25, 0.3) is 0 Å². The Morgan fingerprint density at radius 2 is 2.27 bits per heavy atom. The molecule has 0 aromatic carbocycles. The van der Waals surface area contributed by atoms with Gasteiger partial charge in [0.1, 0.15) is 0 Å². The van der Waals surface area contributed by atoms with E-state index in [1.807, 2.05) is 0 Å². The zero-order chi connectivity index (χ0) is 7.56. The van der Waals surface area contributed by atoms with E-state index in [9.17, 15) is 5.02 Å². The van der Waals surface area contributed by atoms with E-state index in [0.717, 1.165) is 5.56 Å². The van der Waals surface area contributed by atoms with Crippen LogP contribution in [0.4, 0.5) is 0 Å². The molecule has 0 aliphatic heterocycles. The summed E-state index contributed by atoms with van der Waals surface area (Å²) in [5.74, 6) is 0. The number of nitrogens with zero attached hydrogens (tertiary/aromatic N) is 1. The maximum Gasteiger partial charge on any atom is 1.00 e. The van der Waals surface area contributed by atoms with Crippen molar-refractivity contribution in [1.29, 1.82) is 0 Å². The van der Waals surface area contributed by atoms with Crippen LogP contribution in [0.25, 0.3) is 0 Å². The van der Waals surface area contributed by atoms with Crippen molar-refractivity contribution in [2.75, 3.05) is 0 Å². The summed E-state index contributed by atoms with van der Waals surface area (Å²) in [7, 11) is -1.71. The van der Waals surface area contributed by atoms with Gasteiger partial charge >= 0.3 is 18.9 Å². The molecule has 1 aromatic heterocycles. The molecule has 0 fully saturated rings. The molecule has 0 atom stereocenters. The Labute approximate surface area is 77.8 Å². The molecule has 0 aliphatic rings. The molecule has 1 heterocycles. The first kappa shape index (κ1) is 10.7. The largest absolute Gasteiger partial charge is 1.00 e. The van der Waals surface area contributed by atoms with Crippen LogP contribution in [0.3, 0.4) is 0 Å². The Balaban J connectivity index is 0.000001000. The van der Waals surface area contributed by atoms with Crippen LogP contribution in [0, 0.1) is 6.92 Å². The Hall–Kier alpha value is -0.268. The van der Waals surface area contributed by atoms with Crippen LogP contribution in [-0.2, 0) is 0 Å². The number of aryl methyl sites for hydroxylation is 1. The molecule has 0 bridgehead atoms. The van der Waals surface area contributed by atoms with Crippen molar-refractivity contribution in [3.63, 3.8) is 0 Å². The smallest absolute Gasteiger partial charge is 0.852 e. The Morgan fingerprint density at radius 1 is 1.64 bits per heavy atom. The van der Waals surface area contributed by atoms with Gasteiger partial charge in [-0.3, -0.25) is 4.98 Å². The topological polar surface area (TPSA) is 56.2 Å². The van der Waals surface area contributed by atoms with Crippen LogP contribution in [0.5, 0.6) is 0 Å². The van der Waals surface area contributed by atoms with Gasteiger partial charge in [-0.2, -0.15) is 0 Å². The van der Waals surface area contributed by atoms with E-state index >= 15 is 0 Å². The fourth-order valence-electron chi connectivity index (χ4n) is 0.756. The van der Waals surface area contributed by atoms with Gasteiger partial charge in [-0.15, -0.1) is 0 Å². The van der Waals surface area contributed by atoms with Crippen LogP contribution in [0.15, 0.2) is 18.3 Å². The molecule has 0 saturated heterocycles. The van der Waals surface area contributed by atoms with E-state index in [4.69, 9.17) is 5.02 Å². The summed E-state index contributed by atoms with van der Waals surface area (Å²) < 4.78 is 0. The second-order valence-corrected chi connectivity index (χ2v) is 2.06. The summed E-state index contributed by atoms with van der Waals surface area (Å²) in [6.45, 7) is 1.74. The number of pyridine rings is 1. The van der Waals surface area contributed by atoms with Crippen molar-refractivity contribution in [3.8, 4) is 0 Å². The minimum Gasteiger partial charge on any atom is -0.852 e. The molecule has 0 amide bonds. The number of rotatable bonds is 1. The molecular formula is C6H7BLiNO2. The normalized spacial score (nSPS) is 8.64. The predicted octanol–water partition coefficient (Wildman–Crippen LogP) is -4.56. The van der Waals surface area contributed by atoms with Crippen molar-refractivity contribution >= 4 is 12.7 Å². The third-order valence-corrected chi connectivity index (χ3v) is 1.28. The maximum atomic E-state index is 10.4. The molecule has 0 spiro atoms. The van der Waals surface area contributed by atoms with E-state index in [-0.39, 0.29) is 24.5 Å². The average molecular weight is 143 g/mol. The summed E-state index contributed by atoms with van der Waals surface area (Å²) in [5.41, 5.74) is 0.938. The molecular weight excluding hydrogens is 136 g/mol. The van der Waals surface area contributed by atoms with Crippen molar-refractivity contribution < 1.29 is 28.9 Å². The van der Waals surface area contributed by atoms with Gasteiger partial charge in [-0.25, -0.2) is 0 Å². The minimum absolute atomic E-state index is 0. The summed E-state index contributed by atoms with van der Waals surface area (Å²) in [4.78, 5) is 3.72. The van der Waals surface area contributed by atoms with Crippen molar-refractivity contribution in [3.05, 3.63) is 23.9 Å². The zero-order valence-corrected chi connectivity index (χ0v) is 6.61. The summed E-state index contributed by atoms with van der Waals surface area (Å²) in [6, 6.07) is 3.46. The number of hydrogen-bond donors (Lipinski definition) is 1. The molecule has 52 valence electrons. The standard InChI is InChI=1S/C6H7BNO2.Li/c1-5-3-2-4-8-6(5)7(9)10;/h2-4,9H,1H3;/q-1;+1. The Morgan fingerprint density at radius 3 is 2.64 bits per heavy atom. The molecule has 11 heavy (non-hydrogen) atoms. The third kappa shape index (κ3) is 2.68. The summed E-state index contributed by atoms with van der Waals surface area (Å²) in [5, 5.41) is 19.0. The summed E-state index contributed by atoms with van der Waals surface area (Å²) >= 11 is 0. The van der Waals surface area contributed by atoms with E-state index in [1.165, 1.54) is 6.20 Å². The van der Waals surface area contributed by atoms with Gasteiger partial charge in [0.05, 0.1) is 0 Å². The van der Waals surface area contributed by atoms with Gasteiger partial charge in [0.15, 0.2) is 0 Å². The fourth-order valence-corrected chi connectivity index (χ4v) is 0.756. The number of hydrogen-bond acceptors (Lipinski definition) is 3. The van der Waals surface area contributed by atoms with E-state index in [0.29, 0.717) is 0 Å². The van der Waals surface area contributed by atoms with Crippen LogP contribution in [0.2, 0.25) is 0 Å². The zero-order valence-electron chi connectivity index (χ0n) is 6.61. The molecule has 0 aliphatic carbocycles. The van der Waals surface area contributed by atoms with E-state index in [1.54, 1.807) is 19.1 Å². The van der Waals surface area contributed by atoms with Crippen molar-refractivity contribution in [2.24, 2.45) is 0 Å². The van der Waals surface area contributed by atoms with Gasteiger partial charge in [-0.1, -0.05) is 6.07 Å². The predicted molar refractivity (Wildman–Crippen MR) is 36.6 cm³/mol. The maximum absolute atomic E-state index is 10.4. The van der Waals surface area contributed by atoms with Crippen LogP contribution in [-0.4, -0.2) is 17.1 Å². The van der Waals surface area contributed by atoms with Crippen LogP contribution >= 0.6 is 0 Å². The van der Waals surface area contributed by atoms with Crippen molar-refractivity contribution in [2.45, 2.75) is 6.92 Å². The number of aromatic nitrogens is 1. The van der Waals surface area contributed by atoms with Crippen molar-refractivity contribution in [1.82, 2.24) is 4.98 Å².